The van der Waals surface area contributed by atoms with Gasteiger partial charge in [0.05, 0.1) is 12.7 Å². The van der Waals surface area contributed by atoms with Crippen molar-refractivity contribution >= 4 is 17.6 Å². The van der Waals surface area contributed by atoms with E-state index >= 15 is 0 Å². The van der Waals surface area contributed by atoms with E-state index in [1.807, 2.05) is 19.2 Å². The van der Waals surface area contributed by atoms with Crippen LogP contribution in [0.2, 0.25) is 0 Å². The molecule has 0 saturated carbocycles. The highest BCUT2D eigenvalue weighted by Gasteiger charge is 2.31. The number of carboxylic acids is 1. The van der Waals surface area contributed by atoms with Crippen molar-refractivity contribution in [2.24, 2.45) is 0 Å². The lowest BCUT2D eigenvalue weighted by Crippen LogP contribution is -2.37. The van der Waals surface area contributed by atoms with Gasteiger partial charge in [-0.3, -0.25) is 4.79 Å². The van der Waals surface area contributed by atoms with Crippen molar-refractivity contribution in [1.82, 2.24) is 10.2 Å². The summed E-state index contributed by atoms with van der Waals surface area (Å²) in [6.07, 6.45) is 0.0264. The first kappa shape index (κ1) is 29.5. The van der Waals surface area contributed by atoms with Crippen LogP contribution in [0.1, 0.15) is 57.2 Å². The second-order valence-corrected chi connectivity index (χ2v) is 6.33. The van der Waals surface area contributed by atoms with Crippen LogP contribution in [-0.4, -0.2) is 35.7 Å². The summed E-state index contributed by atoms with van der Waals surface area (Å²) in [5, 5.41) is 19.6. The molecule has 0 atom stereocenters. The Morgan fingerprint density at radius 1 is 1.30 bits per heavy atom. The summed E-state index contributed by atoms with van der Waals surface area (Å²) in [6.45, 7) is 7.23. The molecule has 0 aliphatic heterocycles. The number of methoxy groups -OCH3 is 1. The number of allylic oxidation sites excluding steroid dienone is 3. The van der Waals surface area contributed by atoms with Crippen LogP contribution in [0.15, 0.2) is 36.1 Å². The second kappa shape index (κ2) is 14.6. The van der Waals surface area contributed by atoms with Gasteiger partial charge in [-0.1, -0.05) is 26.0 Å². The first-order valence-electron chi connectivity index (χ1n) is 10.4. The normalized spacial score (nSPS) is 11.6. The largest absolute Gasteiger partial charge is 0.496 e. The standard InChI is InChI=1S/C21H24F3N3O4.C2H6/c1-4-18(31-3)17(7-6-8-19(28)29)16-10-9-15(21(22,23)24)11-14(16)12-27(5-2)20(30)26-13-25;1-2/h4,7,9-11H,5-6,8,12H2,1-3H3,(H,26,30)(H,28,29);1-2H3/b17-7-,18-4+;. The molecule has 182 valence electrons. The number of benzene rings is 1. The molecule has 1 rings (SSSR count). The van der Waals surface area contributed by atoms with Crippen LogP contribution in [0.5, 0.6) is 0 Å². The molecule has 0 heterocycles. The van der Waals surface area contributed by atoms with Crippen molar-refractivity contribution in [1.29, 1.82) is 5.26 Å². The number of hydrogen-bond donors (Lipinski definition) is 2. The Hall–Kier alpha value is -3.48. The van der Waals surface area contributed by atoms with Gasteiger partial charge in [0.15, 0.2) is 6.19 Å². The highest BCUT2D eigenvalue weighted by molar-refractivity contribution is 5.80. The molecule has 0 aliphatic carbocycles. The van der Waals surface area contributed by atoms with Gasteiger partial charge in [0.1, 0.15) is 5.76 Å². The van der Waals surface area contributed by atoms with Crippen LogP contribution >= 0.6 is 0 Å². The number of halogens is 3. The molecule has 0 saturated heterocycles. The van der Waals surface area contributed by atoms with Gasteiger partial charge in [-0.05, 0) is 49.6 Å². The summed E-state index contributed by atoms with van der Waals surface area (Å²) in [5.74, 6) is -0.677. The Labute approximate surface area is 192 Å². The van der Waals surface area contributed by atoms with E-state index in [0.29, 0.717) is 16.9 Å². The minimum atomic E-state index is -4.60. The summed E-state index contributed by atoms with van der Waals surface area (Å²) in [7, 11) is 1.39. The third-order valence-electron chi connectivity index (χ3n) is 4.37. The third kappa shape index (κ3) is 9.27. The van der Waals surface area contributed by atoms with Gasteiger partial charge in [0, 0.05) is 25.1 Å². The molecule has 7 nitrogen and oxygen atoms in total. The minimum absolute atomic E-state index is 0.123. The lowest BCUT2D eigenvalue weighted by Gasteiger charge is -2.23. The van der Waals surface area contributed by atoms with Crippen molar-refractivity contribution in [3.8, 4) is 6.19 Å². The predicted octanol–water partition coefficient (Wildman–Crippen LogP) is 5.54. The van der Waals surface area contributed by atoms with E-state index in [-0.39, 0.29) is 31.5 Å². The summed E-state index contributed by atoms with van der Waals surface area (Å²) in [5.41, 5.74) is 0.0401. The van der Waals surface area contributed by atoms with E-state index in [4.69, 9.17) is 15.1 Å². The van der Waals surface area contributed by atoms with E-state index in [1.165, 1.54) is 24.3 Å². The van der Waals surface area contributed by atoms with Crippen LogP contribution in [0, 0.1) is 11.5 Å². The van der Waals surface area contributed by atoms with Gasteiger partial charge in [-0.2, -0.15) is 18.4 Å². The Bertz CT molecular complexity index is 903. The van der Waals surface area contributed by atoms with Crippen LogP contribution in [-0.2, 0) is 22.3 Å². The van der Waals surface area contributed by atoms with E-state index in [9.17, 15) is 22.8 Å². The zero-order valence-corrected chi connectivity index (χ0v) is 19.4. The molecule has 33 heavy (non-hydrogen) atoms. The number of amides is 2. The van der Waals surface area contributed by atoms with Crippen LogP contribution in [0.4, 0.5) is 18.0 Å². The molecule has 10 heteroatoms. The Morgan fingerprint density at radius 2 is 1.94 bits per heavy atom. The van der Waals surface area contributed by atoms with Crippen LogP contribution < -0.4 is 5.32 Å². The maximum absolute atomic E-state index is 13.3. The summed E-state index contributed by atoms with van der Waals surface area (Å²) >= 11 is 0. The monoisotopic (exact) mass is 469 g/mol. The maximum Gasteiger partial charge on any atom is 0.416 e. The predicted molar refractivity (Wildman–Crippen MR) is 119 cm³/mol. The van der Waals surface area contributed by atoms with Crippen molar-refractivity contribution in [3.63, 3.8) is 0 Å². The zero-order chi connectivity index (χ0) is 25.6. The van der Waals surface area contributed by atoms with Crippen molar-refractivity contribution in [2.45, 2.75) is 53.3 Å². The average molecular weight is 470 g/mol. The van der Waals surface area contributed by atoms with E-state index < -0.39 is 23.7 Å². The molecule has 0 aliphatic rings. The molecule has 2 N–H and O–H groups in total. The Morgan fingerprint density at radius 3 is 2.39 bits per heavy atom. The molecule has 0 aromatic heterocycles. The minimum Gasteiger partial charge on any atom is -0.496 e. The molecule has 1 aromatic rings. The number of nitriles is 1. The number of ether oxygens (including phenoxy) is 1. The fraction of sp³-hybridized carbons (Fsp3) is 0.435. The summed E-state index contributed by atoms with van der Waals surface area (Å²) < 4.78 is 45.3. The highest BCUT2D eigenvalue weighted by atomic mass is 19.4. The molecule has 0 fully saturated rings. The van der Waals surface area contributed by atoms with Crippen molar-refractivity contribution in [2.75, 3.05) is 13.7 Å². The molecule has 0 radical (unpaired) electrons. The number of aliphatic carboxylic acids is 1. The lowest BCUT2D eigenvalue weighted by molar-refractivity contribution is -0.138. The fourth-order valence-electron chi connectivity index (χ4n) is 2.89. The number of rotatable bonds is 9. The number of carboxylic acid groups (broad SMARTS) is 1. The lowest BCUT2D eigenvalue weighted by atomic mass is 9.94. The van der Waals surface area contributed by atoms with Crippen LogP contribution in [0.25, 0.3) is 5.57 Å². The van der Waals surface area contributed by atoms with E-state index in [1.54, 1.807) is 26.0 Å². The van der Waals surface area contributed by atoms with Gasteiger partial charge in [-0.25, -0.2) is 10.1 Å². The molecular weight excluding hydrogens is 439 g/mol. The van der Waals surface area contributed by atoms with Crippen molar-refractivity contribution in [3.05, 3.63) is 52.8 Å². The topological polar surface area (TPSA) is 103 Å². The highest BCUT2D eigenvalue weighted by Crippen LogP contribution is 2.35. The maximum atomic E-state index is 13.3. The van der Waals surface area contributed by atoms with Gasteiger partial charge in [0.2, 0.25) is 0 Å². The fourth-order valence-corrected chi connectivity index (χ4v) is 2.89. The number of carbonyl (C=O) groups is 2. The Balaban J connectivity index is 0.00000497. The SMILES string of the molecule is C/C=C(OC)\C(=C/CCC(=O)O)c1ccc(C(F)(F)F)cc1CN(CC)C(=O)NC#N.CC. The van der Waals surface area contributed by atoms with Crippen molar-refractivity contribution < 1.29 is 32.6 Å². The first-order valence-corrected chi connectivity index (χ1v) is 10.4. The smallest absolute Gasteiger partial charge is 0.416 e. The summed E-state index contributed by atoms with van der Waals surface area (Å²) in [6, 6.07) is 2.37. The number of alkyl halides is 3. The van der Waals surface area contributed by atoms with Gasteiger partial charge < -0.3 is 14.7 Å². The number of urea groups is 1. The van der Waals surface area contributed by atoms with Gasteiger partial charge in [-0.15, -0.1) is 0 Å². The second-order valence-electron chi connectivity index (χ2n) is 6.33. The molecular formula is C23H30F3N3O4. The third-order valence-corrected chi connectivity index (χ3v) is 4.37. The number of hydrogen-bond acceptors (Lipinski definition) is 4. The first-order chi connectivity index (χ1) is 15.6. The van der Waals surface area contributed by atoms with E-state index in [0.717, 1.165) is 12.1 Å². The number of nitrogens with one attached hydrogen (secondary N) is 1. The molecule has 0 bridgehead atoms. The Kier molecular flexibility index (Phi) is 13.0. The summed E-state index contributed by atoms with van der Waals surface area (Å²) in [4.78, 5) is 24.2. The number of carbonyl (C=O) groups excluding carboxylic acids is 1. The quantitative estimate of drug-likeness (QED) is 0.214. The number of nitrogens with zero attached hydrogens (tertiary/aromatic N) is 2. The molecule has 0 spiro atoms. The molecule has 1 aromatic carbocycles. The average Bonchev–Trinajstić information content (AvgIpc) is 2.77. The van der Waals surface area contributed by atoms with E-state index in [2.05, 4.69) is 0 Å². The molecule has 2 amide bonds. The molecule has 0 unspecified atom stereocenters. The van der Waals surface area contributed by atoms with Gasteiger partial charge in [0.25, 0.3) is 0 Å². The van der Waals surface area contributed by atoms with Gasteiger partial charge >= 0.3 is 18.2 Å². The van der Waals surface area contributed by atoms with Crippen LogP contribution in [0.3, 0.4) is 0 Å². The zero-order valence-electron chi connectivity index (χ0n) is 19.4.